The van der Waals surface area contributed by atoms with Gasteiger partial charge in [0.15, 0.2) is 0 Å². The molecule has 3 aromatic rings. The molecule has 3 nitrogen and oxygen atoms in total. The first-order valence-corrected chi connectivity index (χ1v) is 11.9. The number of anilines is 2. The maximum atomic E-state index is 13.2. The van der Waals surface area contributed by atoms with Crippen LogP contribution in [0.1, 0.15) is 63.8 Å². The Morgan fingerprint density at radius 1 is 0.938 bits per heavy atom. The summed E-state index contributed by atoms with van der Waals surface area (Å²) < 4.78 is 0. The van der Waals surface area contributed by atoms with Gasteiger partial charge in [-0.05, 0) is 103 Å². The molecular formula is C29H30N2O. The number of nitrogens with one attached hydrogen (secondary N) is 2. The molecule has 0 radical (unpaired) electrons. The minimum absolute atomic E-state index is 0.0219. The molecule has 1 heterocycles. The van der Waals surface area contributed by atoms with E-state index in [1.807, 2.05) is 18.2 Å². The molecule has 2 aliphatic carbocycles. The summed E-state index contributed by atoms with van der Waals surface area (Å²) >= 11 is 0. The Bertz CT molecular complexity index is 1190. The van der Waals surface area contributed by atoms with E-state index in [2.05, 4.69) is 73.0 Å². The van der Waals surface area contributed by atoms with Crippen LogP contribution in [0.25, 0.3) is 0 Å². The maximum absolute atomic E-state index is 13.2. The standard InChI is InChI=1S/C29H30N2O/c1-17-7-6-10-24(18(17)2)31-29(32)22-13-14-25-23(16-22)26-20-11-12-21(15-20)27(26)28(30-25)19-8-4-3-5-9-19/h3-10,13-14,16,20-21,26-28,30H,11-12,15H2,1-2H3,(H,31,32)/t20-,21-,26-,27+,28+/m1/s1. The van der Waals surface area contributed by atoms with Gasteiger partial charge in [0, 0.05) is 16.9 Å². The van der Waals surface area contributed by atoms with Gasteiger partial charge in [0.2, 0.25) is 0 Å². The second-order valence-electron chi connectivity index (χ2n) is 9.97. The molecule has 2 bridgehead atoms. The molecule has 0 saturated heterocycles. The summed E-state index contributed by atoms with van der Waals surface area (Å²) in [5, 5.41) is 7.01. The van der Waals surface area contributed by atoms with Crippen molar-refractivity contribution in [3.63, 3.8) is 0 Å². The fourth-order valence-electron chi connectivity index (χ4n) is 6.70. The summed E-state index contributed by atoms with van der Waals surface area (Å²) in [7, 11) is 0. The van der Waals surface area contributed by atoms with Crippen molar-refractivity contribution < 1.29 is 4.79 Å². The largest absolute Gasteiger partial charge is 0.378 e. The van der Waals surface area contributed by atoms with Crippen molar-refractivity contribution in [3.05, 3.63) is 94.5 Å². The van der Waals surface area contributed by atoms with E-state index < -0.39 is 0 Å². The number of benzene rings is 3. The molecular weight excluding hydrogens is 392 g/mol. The summed E-state index contributed by atoms with van der Waals surface area (Å²) in [5.41, 5.74) is 7.91. The van der Waals surface area contributed by atoms with Gasteiger partial charge in [0.05, 0.1) is 6.04 Å². The first-order valence-electron chi connectivity index (χ1n) is 11.9. The molecule has 3 heteroatoms. The van der Waals surface area contributed by atoms with Crippen molar-refractivity contribution in [2.24, 2.45) is 17.8 Å². The molecule has 1 amide bonds. The number of amides is 1. The van der Waals surface area contributed by atoms with E-state index in [1.54, 1.807) is 0 Å². The second-order valence-corrected chi connectivity index (χ2v) is 9.97. The Labute approximate surface area is 190 Å². The zero-order chi connectivity index (χ0) is 21.8. The highest BCUT2D eigenvalue weighted by molar-refractivity contribution is 6.05. The SMILES string of the molecule is Cc1cccc(NC(=O)c2ccc3c(c2)[C@H]2[C@@H]4CC[C@H](C4)[C@@H]2[C@H](c2ccccc2)N3)c1C. The topological polar surface area (TPSA) is 41.1 Å². The number of rotatable bonds is 3. The maximum Gasteiger partial charge on any atom is 0.255 e. The van der Waals surface area contributed by atoms with Crippen LogP contribution in [0, 0.1) is 31.6 Å². The Kier molecular flexibility index (Phi) is 4.60. The molecule has 32 heavy (non-hydrogen) atoms. The van der Waals surface area contributed by atoms with Gasteiger partial charge < -0.3 is 10.6 Å². The average Bonchev–Trinajstić information content (AvgIpc) is 3.44. The number of aryl methyl sites for hydroxylation is 1. The molecule has 6 rings (SSSR count). The highest BCUT2D eigenvalue weighted by Crippen LogP contribution is 2.63. The lowest BCUT2D eigenvalue weighted by Crippen LogP contribution is -2.35. The normalized spacial score (nSPS) is 27.4. The molecule has 2 fully saturated rings. The lowest BCUT2D eigenvalue weighted by molar-refractivity contribution is 0.102. The Hall–Kier alpha value is -3.07. The van der Waals surface area contributed by atoms with Crippen molar-refractivity contribution >= 4 is 17.3 Å². The first kappa shape index (κ1) is 19.6. The van der Waals surface area contributed by atoms with E-state index in [4.69, 9.17) is 0 Å². The monoisotopic (exact) mass is 422 g/mol. The fourth-order valence-corrected chi connectivity index (χ4v) is 6.70. The van der Waals surface area contributed by atoms with Crippen LogP contribution in [0.3, 0.4) is 0 Å². The van der Waals surface area contributed by atoms with Gasteiger partial charge in [-0.3, -0.25) is 4.79 Å². The van der Waals surface area contributed by atoms with Gasteiger partial charge in [-0.2, -0.15) is 0 Å². The number of carbonyl (C=O) groups excluding carboxylic acids is 1. The molecule has 5 atom stereocenters. The average molecular weight is 423 g/mol. The lowest BCUT2D eigenvalue weighted by Gasteiger charge is -2.43. The van der Waals surface area contributed by atoms with Crippen molar-refractivity contribution in [1.82, 2.24) is 0 Å². The van der Waals surface area contributed by atoms with Gasteiger partial charge in [0.25, 0.3) is 5.91 Å². The molecule has 0 unspecified atom stereocenters. The van der Waals surface area contributed by atoms with E-state index in [0.29, 0.717) is 17.9 Å². The van der Waals surface area contributed by atoms with Crippen LogP contribution in [0.2, 0.25) is 0 Å². The van der Waals surface area contributed by atoms with Crippen LogP contribution >= 0.6 is 0 Å². The van der Waals surface area contributed by atoms with Crippen LogP contribution in [0.15, 0.2) is 66.7 Å². The van der Waals surface area contributed by atoms with Crippen LogP contribution in [-0.4, -0.2) is 5.91 Å². The summed E-state index contributed by atoms with van der Waals surface area (Å²) in [4.78, 5) is 13.2. The lowest BCUT2D eigenvalue weighted by atomic mass is 9.68. The highest BCUT2D eigenvalue weighted by atomic mass is 16.1. The molecule has 0 spiro atoms. The summed E-state index contributed by atoms with van der Waals surface area (Å²) in [6.07, 6.45) is 4.00. The summed E-state index contributed by atoms with van der Waals surface area (Å²) in [5.74, 6) is 2.66. The van der Waals surface area contributed by atoms with Crippen molar-refractivity contribution in [3.8, 4) is 0 Å². The van der Waals surface area contributed by atoms with Crippen LogP contribution < -0.4 is 10.6 Å². The third-order valence-electron chi connectivity index (χ3n) is 8.36. The smallest absolute Gasteiger partial charge is 0.255 e. The third kappa shape index (κ3) is 3.06. The van der Waals surface area contributed by atoms with Gasteiger partial charge in [-0.15, -0.1) is 0 Å². The third-order valence-corrected chi connectivity index (χ3v) is 8.36. The Morgan fingerprint density at radius 3 is 2.59 bits per heavy atom. The molecule has 162 valence electrons. The van der Waals surface area contributed by atoms with Crippen molar-refractivity contribution in [2.75, 3.05) is 10.6 Å². The van der Waals surface area contributed by atoms with Crippen molar-refractivity contribution in [1.29, 1.82) is 0 Å². The first-order chi connectivity index (χ1) is 15.6. The minimum atomic E-state index is -0.0219. The quantitative estimate of drug-likeness (QED) is 0.484. The number of carbonyl (C=O) groups is 1. The minimum Gasteiger partial charge on any atom is -0.378 e. The summed E-state index contributed by atoms with van der Waals surface area (Å²) in [6, 6.07) is 23.6. The van der Waals surface area contributed by atoms with Crippen LogP contribution in [-0.2, 0) is 0 Å². The van der Waals surface area contributed by atoms with E-state index in [0.717, 1.165) is 28.7 Å². The van der Waals surface area contributed by atoms with E-state index in [9.17, 15) is 4.79 Å². The Balaban J connectivity index is 1.35. The van der Waals surface area contributed by atoms with Gasteiger partial charge >= 0.3 is 0 Å². The van der Waals surface area contributed by atoms with E-state index in [1.165, 1.54) is 41.6 Å². The van der Waals surface area contributed by atoms with Crippen LogP contribution in [0.5, 0.6) is 0 Å². The number of hydrogen-bond acceptors (Lipinski definition) is 2. The number of fused-ring (bicyclic) bond motifs is 7. The summed E-state index contributed by atoms with van der Waals surface area (Å²) in [6.45, 7) is 4.14. The molecule has 3 aromatic carbocycles. The van der Waals surface area contributed by atoms with Gasteiger partial charge in [-0.1, -0.05) is 42.5 Å². The predicted molar refractivity (Wildman–Crippen MR) is 130 cm³/mol. The predicted octanol–water partition coefficient (Wildman–Crippen LogP) is 6.85. The second kappa shape index (κ2) is 7.51. The number of hydrogen-bond donors (Lipinski definition) is 2. The van der Waals surface area contributed by atoms with E-state index in [-0.39, 0.29) is 5.91 Å². The van der Waals surface area contributed by atoms with Gasteiger partial charge in [0.1, 0.15) is 0 Å². The Morgan fingerprint density at radius 2 is 1.75 bits per heavy atom. The molecule has 2 saturated carbocycles. The molecule has 1 aliphatic heterocycles. The molecule has 3 aliphatic rings. The molecule has 2 N–H and O–H groups in total. The fraction of sp³-hybridized carbons (Fsp3) is 0.345. The van der Waals surface area contributed by atoms with Crippen LogP contribution in [0.4, 0.5) is 11.4 Å². The highest BCUT2D eigenvalue weighted by Gasteiger charge is 2.53. The zero-order valence-corrected chi connectivity index (χ0v) is 18.8. The molecule has 0 aromatic heterocycles. The van der Waals surface area contributed by atoms with Gasteiger partial charge in [-0.25, -0.2) is 0 Å². The zero-order valence-electron chi connectivity index (χ0n) is 18.8. The van der Waals surface area contributed by atoms with Crippen molar-refractivity contribution in [2.45, 2.75) is 45.1 Å². The van der Waals surface area contributed by atoms with E-state index >= 15 is 0 Å².